The second-order valence-corrected chi connectivity index (χ2v) is 5.63. The molecule has 0 atom stereocenters. The number of nitrogens with one attached hydrogen (secondary N) is 2. The fourth-order valence-corrected chi connectivity index (χ4v) is 1.93. The van der Waals surface area contributed by atoms with Gasteiger partial charge in [-0.25, -0.2) is 13.1 Å². The zero-order chi connectivity index (χ0) is 13.8. The molecular weight excluding hydrogens is 256 g/mol. The van der Waals surface area contributed by atoms with Crippen LogP contribution >= 0.6 is 0 Å². The third-order valence-electron chi connectivity index (χ3n) is 2.37. The van der Waals surface area contributed by atoms with Gasteiger partial charge in [0.25, 0.3) is 5.91 Å². The van der Waals surface area contributed by atoms with Gasteiger partial charge in [0.2, 0.25) is 10.0 Å². The highest BCUT2D eigenvalue weighted by Crippen LogP contribution is 2.21. The third kappa shape index (κ3) is 3.60. The fraction of sp³-hybridized carbons (Fsp3) is 0.300. The Balaban J connectivity index is 2.75. The number of benzene rings is 1. The Morgan fingerprint density at radius 1 is 1.39 bits per heavy atom. The number of amides is 1. The summed E-state index contributed by atoms with van der Waals surface area (Å²) in [5, 5.41) is 2.85. The minimum Gasteiger partial charge on any atom is -0.396 e. The van der Waals surface area contributed by atoms with Crippen molar-refractivity contribution >= 4 is 27.3 Å². The van der Waals surface area contributed by atoms with Gasteiger partial charge in [-0.15, -0.1) is 0 Å². The SMILES string of the molecule is CNS(=O)(=O)CCNc1cccc(C(N)=O)c1N. The summed E-state index contributed by atoms with van der Waals surface area (Å²) in [6.07, 6.45) is 0. The molecule has 100 valence electrons. The monoisotopic (exact) mass is 272 g/mol. The number of sulfonamides is 1. The van der Waals surface area contributed by atoms with Crippen LogP contribution in [0.15, 0.2) is 18.2 Å². The third-order valence-corrected chi connectivity index (χ3v) is 3.73. The lowest BCUT2D eigenvalue weighted by molar-refractivity contribution is 0.100. The topological polar surface area (TPSA) is 127 Å². The van der Waals surface area contributed by atoms with E-state index in [4.69, 9.17) is 11.5 Å². The molecule has 0 aliphatic heterocycles. The summed E-state index contributed by atoms with van der Waals surface area (Å²) in [5.74, 6) is -0.719. The molecule has 0 radical (unpaired) electrons. The van der Waals surface area contributed by atoms with Crippen LogP contribution in [0.4, 0.5) is 11.4 Å². The first-order chi connectivity index (χ1) is 8.37. The molecule has 0 aliphatic rings. The quantitative estimate of drug-likeness (QED) is 0.511. The van der Waals surface area contributed by atoms with Gasteiger partial charge in [0, 0.05) is 6.54 Å². The smallest absolute Gasteiger partial charge is 0.250 e. The average molecular weight is 272 g/mol. The Labute approximate surface area is 106 Å². The number of carbonyl (C=O) groups is 1. The number of primary amides is 1. The Kier molecular flexibility index (Phi) is 4.51. The molecule has 0 aliphatic carbocycles. The van der Waals surface area contributed by atoms with E-state index in [1.54, 1.807) is 12.1 Å². The second kappa shape index (κ2) is 5.69. The molecule has 8 heteroatoms. The Hall–Kier alpha value is -1.80. The number of nitrogen functional groups attached to an aromatic ring is 1. The van der Waals surface area contributed by atoms with Crippen molar-refractivity contribution in [2.24, 2.45) is 5.73 Å². The highest BCUT2D eigenvalue weighted by Gasteiger charge is 2.10. The zero-order valence-electron chi connectivity index (χ0n) is 9.93. The number of nitrogens with two attached hydrogens (primary N) is 2. The van der Waals surface area contributed by atoms with Crippen LogP contribution in [-0.4, -0.2) is 33.7 Å². The van der Waals surface area contributed by atoms with E-state index < -0.39 is 15.9 Å². The zero-order valence-corrected chi connectivity index (χ0v) is 10.8. The van der Waals surface area contributed by atoms with E-state index in [2.05, 4.69) is 10.0 Å². The minimum atomic E-state index is -3.27. The normalized spacial score (nSPS) is 11.2. The Morgan fingerprint density at radius 3 is 2.61 bits per heavy atom. The van der Waals surface area contributed by atoms with E-state index in [9.17, 15) is 13.2 Å². The second-order valence-electron chi connectivity index (χ2n) is 3.58. The van der Waals surface area contributed by atoms with Crippen molar-refractivity contribution in [3.8, 4) is 0 Å². The van der Waals surface area contributed by atoms with Crippen LogP contribution in [0.25, 0.3) is 0 Å². The van der Waals surface area contributed by atoms with E-state index in [0.29, 0.717) is 5.69 Å². The summed E-state index contributed by atoms with van der Waals surface area (Å²) in [6.45, 7) is 0.176. The molecule has 0 aromatic heterocycles. The summed E-state index contributed by atoms with van der Waals surface area (Å²) < 4.78 is 24.6. The first kappa shape index (κ1) is 14.3. The van der Waals surface area contributed by atoms with Gasteiger partial charge < -0.3 is 16.8 Å². The molecule has 1 rings (SSSR count). The van der Waals surface area contributed by atoms with E-state index >= 15 is 0 Å². The van der Waals surface area contributed by atoms with Gasteiger partial charge >= 0.3 is 0 Å². The summed E-state index contributed by atoms with van der Waals surface area (Å²) in [4.78, 5) is 11.1. The summed E-state index contributed by atoms with van der Waals surface area (Å²) in [7, 11) is -1.93. The molecule has 18 heavy (non-hydrogen) atoms. The molecule has 0 saturated carbocycles. The van der Waals surface area contributed by atoms with Crippen LogP contribution in [0.2, 0.25) is 0 Å². The van der Waals surface area contributed by atoms with Crippen molar-refractivity contribution in [3.63, 3.8) is 0 Å². The molecule has 0 bridgehead atoms. The largest absolute Gasteiger partial charge is 0.396 e. The van der Waals surface area contributed by atoms with Crippen LogP contribution < -0.4 is 21.5 Å². The van der Waals surface area contributed by atoms with Crippen LogP contribution in [-0.2, 0) is 10.0 Å². The van der Waals surface area contributed by atoms with Gasteiger partial charge in [0.15, 0.2) is 0 Å². The van der Waals surface area contributed by atoms with Crippen LogP contribution in [0, 0.1) is 0 Å². The van der Waals surface area contributed by atoms with Crippen molar-refractivity contribution in [2.75, 3.05) is 30.4 Å². The lowest BCUT2D eigenvalue weighted by Gasteiger charge is -2.11. The highest BCUT2D eigenvalue weighted by molar-refractivity contribution is 7.89. The number of rotatable bonds is 6. The molecule has 1 aromatic rings. The molecular formula is C10H16N4O3S. The summed E-state index contributed by atoms with van der Waals surface area (Å²) in [6, 6.07) is 4.77. The predicted octanol–water partition coefficient (Wildman–Crippen LogP) is -0.671. The Morgan fingerprint density at radius 2 is 2.06 bits per heavy atom. The fourth-order valence-electron chi connectivity index (χ4n) is 1.36. The number of para-hydroxylation sites is 1. The molecule has 0 heterocycles. The Bertz CT molecular complexity index is 542. The van der Waals surface area contributed by atoms with Gasteiger partial charge in [-0.2, -0.15) is 0 Å². The molecule has 0 unspecified atom stereocenters. The van der Waals surface area contributed by atoms with Gasteiger partial charge in [-0.05, 0) is 19.2 Å². The maximum absolute atomic E-state index is 11.2. The van der Waals surface area contributed by atoms with Gasteiger partial charge in [-0.1, -0.05) is 6.07 Å². The average Bonchev–Trinajstić information content (AvgIpc) is 2.31. The summed E-state index contributed by atoms with van der Waals surface area (Å²) >= 11 is 0. The van der Waals surface area contributed by atoms with Crippen molar-refractivity contribution in [1.82, 2.24) is 4.72 Å². The molecule has 1 aromatic carbocycles. The van der Waals surface area contributed by atoms with Gasteiger partial charge in [-0.3, -0.25) is 4.79 Å². The standard InChI is InChI=1S/C10H16N4O3S/c1-13-18(16,17)6-5-14-8-4-2-3-7(9(8)11)10(12)15/h2-4,13-14H,5-6,11H2,1H3,(H2,12,15). The highest BCUT2D eigenvalue weighted by atomic mass is 32.2. The number of carbonyl (C=O) groups excluding carboxylic acids is 1. The van der Waals surface area contributed by atoms with E-state index in [-0.39, 0.29) is 23.5 Å². The maximum atomic E-state index is 11.2. The van der Waals surface area contributed by atoms with Gasteiger partial charge in [0.05, 0.1) is 22.7 Å². The van der Waals surface area contributed by atoms with Gasteiger partial charge in [0.1, 0.15) is 0 Å². The molecule has 0 spiro atoms. The molecule has 6 N–H and O–H groups in total. The first-order valence-corrected chi connectivity index (χ1v) is 6.86. The van der Waals surface area contributed by atoms with Crippen molar-refractivity contribution in [2.45, 2.75) is 0 Å². The molecule has 0 fully saturated rings. The minimum absolute atomic E-state index is 0.0935. The maximum Gasteiger partial charge on any atom is 0.250 e. The van der Waals surface area contributed by atoms with E-state index in [1.807, 2.05) is 0 Å². The van der Waals surface area contributed by atoms with E-state index in [0.717, 1.165) is 0 Å². The molecule has 0 saturated heterocycles. The van der Waals surface area contributed by atoms with Crippen LogP contribution in [0.3, 0.4) is 0 Å². The van der Waals surface area contributed by atoms with Crippen molar-refractivity contribution < 1.29 is 13.2 Å². The van der Waals surface area contributed by atoms with Crippen LogP contribution in [0.5, 0.6) is 0 Å². The van der Waals surface area contributed by atoms with Crippen LogP contribution in [0.1, 0.15) is 10.4 Å². The summed E-state index contributed by atoms with van der Waals surface area (Å²) in [5.41, 5.74) is 11.8. The number of hydrogen-bond donors (Lipinski definition) is 4. The lowest BCUT2D eigenvalue weighted by atomic mass is 10.1. The lowest BCUT2D eigenvalue weighted by Crippen LogP contribution is -2.26. The predicted molar refractivity (Wildman–Crippen MR) is 70.7 cm³/mol. The van der Waals surface area contributed by atoms with Crippen molar-refractivity contribution in [3.05, 3.63) is 23.8 Å². The molecule has 1 amide bonds. The first-order valence-electron chi connectivity index (χ1n) is 5.21. The van der Waals surface area contributed by atoms with Crippen molar-refractivity contribution in [1.29, 1.82) is 0 Å². The number of anilines is 2. The van der Waals surface area contributed by atoms with E-state index in [1.165, 1.54) is 13.1 Å². The number of hydrogen-bond acceptors (Lipinski definition) is 5. The molecule has 7 nitrogen and oxygen atoms in total.